The third-order valence-electron chi connectivity index (χ3n) is 5.12. The summed E-state index contributed by atoms with van der Waals surface area (Å²) in [7, 11) is 7.81. The van der Waals surface area contributed by atoms with Crippen molar-refractivity contribution < 1.29 is 4.79 Å². The molecule has 0 atom stereocenters. The van der Waals surface area contributed by atoms with Crippen molar-refractivity contribution in [3.05, 3.63) is 35.9 Å². The first-order valence-electron chi connectivity index (χ1n) is 9.81. The van der Waals surface area contributed by atoms with Crippen LogP contribution in [-0.4, -0.2) is 69.5 Å². The van der Waals surface area contributed by atoms with E-state index in [0.29, 0.717) is 12.5 Å². The Labute approximate surface area is 164 Å². The maximum Gasteiger partial charge on any atom is 0.241 e. The van der Waals surface area contributed by atoms with Crippen LogP contribution in [0.15, 0.2) is 35.3 Å². The molecule has 1 amide bonds. The van der Waals surface area contributed by atoms with E-state index in [9.17, 15) is 4.79 Å². The number of carbonyl (C=O) groups excluding carboxylic acids is 1. The molecule has 0 radical (unpaired) electrons. The van der Waals surface area contributed by atoms with Crippen LogP contribution in [0.2, 0.25) is 0 Å². The maximum absolute atomic E-state index is 12.0. The zero-order chi connectivity index (χ0) is 19.7. The van der Waals surface area contributed by atoms with E-state index in [1.165, 1.54) is 25.7 Å². The molecule has 1 fully saturated rings. The summed E-state index contributed by atoms with van der Waals surface area (Å²) >= 11 is 0. The first kappa shape index (κ1) is 21.2. The minimum absolute atomic E-state index is 0.0353. The normalized spacial score (nSPS) is 16.4. The van der Waals surface area contributed by atoms with Gasteiger partial charge in [-0.15, -0.1) is 0 Å². The van der Waals surface area contributed by atoms with Crippen LogP contribution >= 0.6 is 0 Å². The molecule has 0 aromatic heterocycles. The van der Waals surface area contributed by atoms with Crippen molar-refractivity contribution in [2.24, 2.45) is 10.4 Å². The van der Waals surface area contributed by atoms with Gasteiger partial charge in [0.1, 0.15) is 0 Å². The quantitative estimate of drug-likeness (QED) is 0.540. The van der Waals surface area contributed by atoms with Crippen molar-refractivity contribution in [2.45, 2.75) is 32.2 Å². The van der Waals surface area contributed by atoms with E-state index in [4.69, 9.17) is 4.99 Å². The van der Waals surface area contributed by atoms with Crippen molar-refractivity contribution in [2.75, 3.05) is 47.8 Å². The Kier molecular flexibility index (Phi) is 8.10. The van der Waals surface area contributed by atoms with E-state index in [-0.39, 0.29) is 17.9 Å². The van der Waals surface area contributed by atoms with Gasteiger partial charge >= 0.3 is 0 Å². The van der Waals surface area contributed by atoms with Gasteiger partial charge in [-0.05, 0) is 32.5 Å². The molecule has 1 aliphatic carbocycles. The lowest BCUT2D eigenvalue weighted by Crippen LogP contribution is -2.48. The fourth-order valence-electron chi connectivity index (χ4n) is 3.70. The topological polar surface area (TPSA) is 60.0 Å². The van der Waals surface area contributed by atoms with Gasteiger partial charge in [0.15, 0.2) is 5.96 Å². The number of benzene rings is 1. The summed E-state index contributed by atoms with van der Waals surface area (Å²) < 4.78 is 0. The molecule has 150 valence electrons. The number of rotatable bonds is 8. The number of aliphatic imine (C=N–C) groups is 1. The average molecular weight is 374 g/mol. The van der Waals surface area contributed by atoms with Crippen LogP contribution < -0.4 is 10.6 Å². The molecule has 27 heavy (non-hydrogen) atoms. The second-order valence-corrected chi connectivity index (χ2v) is 8.09. The van der Waals surface area contributed by atoms with Gasteiger partial charge in [-0.25, -0.2) is 4.99 Å². The predicted octanol–water partition coefficient (Wildman–Crippen LogP) is 1.93. The van der Waals surface area contributed by atoms with Crippen molar-refractivity contribution in [1.82, 2.24) is 20.4 Å². The largest absolute Gasteiger partial charge is 0.356 e. The number of carbonyl (C=O) groups is 1. The number of nitrogens with zero attached hydrogens (tertiary/aromatic N) is 3. The van der Waals surface area contributed by atoms with Gasteiger partial charge in [-0.1, -0.05) is 43.2 Å². The summed E-state index contributed by atoms with van der Waals surface area (Å²) in [5.74, 6) is 0.743. The van der Waals surface area contributed by atoms with Crippen LogP contribution in [0.5, 0.6) is 0 Å². The van der Waals surface area contributed by atoms with Crippen molar-refractivity contribution >= 4 is 11.9 Å². The van der Waals surface area contributed by atoms with Gasteiger partial charge in [0.05, 0.1) is 13.1 Å². The minimum Gasteiger partial charge on any atom is -0.356 e. The SMILES string of the molecule is CN(C)CC1(CNC(=NCc2ccccc2)NCC(=O)N(C)C)CCCC1. The summed E-state index contributed by atoms with van der Waals surface area (Å²) in [5.41, 5.74) is 1.44. The fourth-order valence-corrected chi connectivity index (χ4v) is 3.70. The molecule has 1 aromatic carbocycles. The average Bonchev–Trinajstić information content (AvgIpc) is 3.09. The van der Waals surface area contributed by atoms with Crippen LogP contribution in [0.1, 0.15) is 31.2 Å². The lowest BCUT2D eigenvalue weighted by molar-refractivity contribution is -0.127. The third kappa shape index (κ3) is 7.21. The maximum atomic E-state index is 12.0. The highest BCUT2D eigenvalue weighted by Gasteiger charge is 2.34. The molecule has 1 saturated carbocycles. The van der Waals surface area contributed by atoms with E-state index in [2.05, 4.69) is 41.8 Å². The Morgan fingerprint density at radius 2 is 1.74 bits per heavy atom. The molecule has 0 spiro atoms. The Hall–Kier alpha value is -2.08. The zero-order valence-corrected chi connectivity index (χ0v) is 17.3. The Balaban J connectivity index is 2.02. The molecule has 6 heteroatoms. The second kappa shape index (κ2) is 10.3. The summed E-state index contributed by atoms with van der Waals surface area (Å²) in [6.07, 6.45) is 5.05. The summed E-state index contributed by atoms with van der Waals surface area (Å²) in [6, 6.07) is 10.2. The zero-order valence-electron chi connectivity index (χ0n) is 17.3. The Morgan fingerprint density at radius 3 is 2.33 bits per heavy atom. The van der Waals surface area contributed by atoms with Gasteiger partial charge < -0.3 is 20.4 Å². The van der Waals surface area contributed by atoms with Crippen LogP contribution in [0, 0.1) is 5.41 Å². The smallest absolute Gasteiger partial charge is 0.241 e. The molecule has 1 aliphatic rings. The van der Waals surface area contributed by atoms with E-state index in [1.54, 1.807) is 19.0 Å². The standard InChI is InChI=1S/C21H35N5O/c1-25(2)17-21(12-8-9-13-21)16-24-20(23-15-19(27)26(3)4)22-14-18-10-6-5-7-11-18/h5-7,10-11H,8-9,12-17H2,1-4H3,(H2,22,23,24). The number of hydrogen-bond donors (Lipinski definition) is 2. The van der Waals surface area contributed by atoms with Gasteiger partial charge in [-0.3, -0.25) is 4.79 Å². The Bertz CT molecular complexity index is 606. The van der Waals surface area contributed by atoms with Crippen LogP contribution in [0.25, 0.3) is 0 Å². The number of nitrogens with one attached hydrogen (secondary N) is 2. The first-order valence-corrected chi connectivity index (χ1v) is 9.81. The fraction of sp³-hybridized carbons (Fsp3) is 0.619. The first-order chi connectivity index (χ1) is 12.9. The number of likely N-dealkylation sites (N-methyl/N-ethyl adjacent to an activating group) is 1. The van der Waals surface area contributed by atoms with E-state index in [1.807, 2.05) is 18.2 Å². The molecule has 2 rings (SSSR count). The minimum atomic E-state index is 0.0353. The van der Waals surface area contributed by atoms with Gasteiger partial charge in [-0.2, -0.15) is 0 Å². The molecular formula is C21H35N5O. The van der Waals surface area contributed by atoms with Crippen LogP contribution in [0.3, 0.4) is 0 Å². The second-order valence-electron chi connectivity index (χ2n) is 8.09. The summed E-state index contributed by atoms with van der Waals surface area (Å²) in [4.78, 5) is 20.5. The molecule has 0 saturated heterocycles. The summed E-state index contributed by atoms with van der Waals surface area (Å²) in [6.45, 7) is 2.78. The van der Waals surface area contributed by atoms with Gasteiger partial charge in [0.2, 0.25) is 5.91 Å². The molecule has 0 bridgehead atoms. The molecule has 1 aromatic rings. The van der Waals surface area contributed by atoms with Crippen molar-refractivity contribution in [1.29, 1.82) is 0 Å². The number of amides is 1. The Morgan fingerprint density at radius 1 is 1.07 bits per heavy atom. The molecule has 6 nitrogen and oxygen atoms in total. The molecule has 0 heterocycles. The highest BCUT2D eigenvalue weighted by molar-refractivity contribution is 5.86. The lowest BCUT2D eigenvalue weighted by Gasteiger charge is -2.33. The molecule has 0 unspecified atom stereocenters. The van der Waals surface area contributed by atoms with Crippen molar-refractivity contribution in [3.63, 3.8) is 0 Å². The lowest BCUT2D eigenvalue weighted by atomic mass is 9.85. The number of hydrogen-bond acceptors (Lipinski definition) is 3. The van der Waals surface area contributed by atoms with Crippen LogP contribution in [-0.2, 0) is 11.3 Å². The molecule has 0 aliphatic heterocycles. The monoisotopic (exact) mass is 373 g/mol. The summed E-state index contributed by atoms with van der Waals surface area (Å²) in [5, 5.41) is 6.71. The molecular weight excluding hydrogens is 338 g/mol. The van der Waals surface area contributed by atoms with Crippen LogP contribution in [0.4, 0.5) is 0 Å². The van der Waals surface area contributed by atoms with Crippen molar-refractivity contribution in [3.8, 4) is 0 Å². The van der Waals surface area contributed by atoms with E-state index in [0.717, 1.165) is 18.7 Å². The van der Waals surface area contributed by atoms with Gasteiger partial charge in [0.25, 0.3) is 0 Å². The van der Waals surface area contributed by atoms with Gasteiger partial charge in [0, 0.05) is 32.6 Å². The number of guanidine groups is 1. The third-order valence-corrected chi connectivity index (χ3v) is 5.12. The predicted molar refractivity (Wildman–Crippen MR) is 112 cm³/mol. The van der Waals surface area contributed by atoms with E-state index >= 15 is 0 Å². The molecule has 2 N–H and O–H groups in total. The highest BCUT2D eigenvalue weighted by Crippen LogP contribution is 2.37. The van der Waals surface area contributed by atoms with E-state index < -0.39 is 0 Å². The highest BCUT2D eigenvalue weighted by atomic mass is 16.2.